The molecule has 2 aromatic carbocycles. The number of rotatable bonds is 8. The van der Waals surface area contributed by atoms with Gasteiger partial charge in [-0.15, -0.1) is 0 Å². The molecule has 0 fully saturated rings. The van der Waals surface area contributed by atoms with Crippen molar-refractivity contribution in [1.29, 1.82) is 0 Å². The van der Waals surface area contributed by atoms with E-state index in [0.717, 1.165) is 12.0 Å². The van der Waals surface area contributed by atoms with Gasteiger partial charge in [-0.3, -0.25) is 4.79 Å². The summed E-state index contributed by atoms with van der Waals surface area (Å²) in [5, 5.41) is 2.81. The Kier molecular flexibility index (Phi) is 6.76. The van der Waals surface area contributed by atoms with Gasteiger partial charge < -0.3 is 10.1 Å². The number of sulfonamides is 1. The molecule has 0 bridgehead atoms. The number of hydrogen-bond acceptors (Lipinski definition) is 4. The lowest BCUT2D eigenvalue weighted by atomic mass is 10.1. The van der Waals surface area contributed by atoms with Crippen molar-refractivity contribution < 1.29 is 17.9 Å². The van der Waals surface area contributed by atoms with E-state index in [1.165, 1.54) is 30.6 Å². The van der Waals surface area contributed by atoms with Gasteiger partial charge in [-0.25, -0.2) is 8.42 Å². The largest absolute Gasteiger partial charge is 0.497 e. The minimum absolute atomic E-state index is 0.127. The summed E-state index contributed by atoms with van der Waals surface area (Å²) in [6.07, 6.45) is 0.873. The maximum Gasteiger partial charge on any atom is 0.251 e. The Morgan fingerprint density at radius 3 is 2.23 bits per heavy atom. The van der Waals surface area contributed by atoms with Crippen molar-refractivity contribution in [1.82, 2.24) is 9.62 Å². The van der Waals surface area contributed by atoms with Crippen molar-refractivity contribution in [2.45, 2.75) is 24.8 Å². The van der Waals surface area contributed by atoms with Crippen molar-refractivity contribution in [2.24, 2.45) is 0 Å². The highest BCUT2D eigenvalue weighted by Gasteiger charge is 2.21. The second-order valence-corrected chi connectivity index (χ2v) is 7.93. The normalized spacial score (nSPS) is 11.4. The monoisotopic (exact) mass is 376 g/mol. The standard InChI is InChI=1S/C19H24N2O4S/c1-4-13-20-19(22)16-7-5-15(6-8-16)14-21(2)26(23,24)18-11-9-17(25-3)10-12-18/h5-12H,4,13-14H2,1-3H3,(H,20,22). The highest BCUT2D eigenvalue weighted by Crippen LogP contribution is 2.20. The highest BCUT2D eigenvalue weighted by atomic mass is 32.2. The molecule has 0 spiro atoms. The second-order valence-electron chi connectivity index (χ2n) is 5.89. The van der Waals surface area contributed by atoms with Gasteiger partial charge in [0.15, 0.2) is 0 Å². The number of benzene rings is 2. The average Bonchev–Trinajstić information content (AvgIpc) is 2.66. The first-order valence-corrected chi connectivity index (χ1v) is 9.80. The van der Waals surface area contributed by atoms with Crippen LogP contribution in [0, 0.1) is 0 Å². The van der Waals surface area contributed by atoms with Crippen LogP contribution < -0.4 is 10.1 Å². The van der Waals surface area contributed by atoms with E-state index in [1.807, 2.05) is 6.92 Å². The number of amides is 1. The second kappa shape index (κ2) is 8.82. The van der Waals surface area contributed by atoms with Gasteiger partial charge in [0.2, 0.25) is 10.0 Å². The smallest absolute Gasteiger partial charge is 0.251 e. The van der Waals surface area contributed by atoms with Crippen molar-refractivity contribution in [3.63, 3.8) is 0 Å². The van der Waals surface area contributed by atoms with E-state index in [4.69, 9.17) is 4.74 Å². The summed E-state index contributed by atoms with van der Waals surface area (Å²) in [4.78, 5) is 12.1. The van der Waals surface area contributed by atoms with Crippen molar-refractivity contribution in [3.05, 3.63) is 59.7 Å². The first-order chi connectivity index (χ1) is 12.4. The lowest BCUT2D eigenvalue weighted by Crippen LogP contribution is -2.26. The lowest BCUT2D eigenvalue weighted by molar-refractivity contribution is 0.0953. The molecule has 1 amide bonds. The van der Waals surface area contributed by atoms with Crippen molar-refractivity contribution in [2.75, 3.05) is 20.7 Å². The molecule has 0 atom stereocenters. The first-order valence-electron chi connectivity index (χ1n) is 8.36. The van der Waals surface area contributed by atoms with Crippen LogP contribution in [0.4, 0.5) is 0 Å². The van der Waals surface area contributed by atoms with Crippen LogP contribution in [0.15, 0.2) is 53.4 Å². The van der Waals surface area contributed by atoms with Gasteiger partial charge in [0.1, 0.15) is 5.75 Å². The van der Waals surface area contributed by atoms with E-state index < -0.39 is 10.0 Å². The van der Waals surface area contributed by atoms with Crippen LogP contribution in [-0.4, -0.2) is 39.3 Å². The molecule has 0 aliphatic heterocycles. The molecule has 0 aliphatic rings. The van der Waals surface area contributed by atoms with Crippen LogP contribution in [-0.2, 0) is 16.6 Å². The summed E-state index contributed by atoms with van der Waals surface area (Å²) in [6.45, 7) is 2.83. The highest BCUT2D eigenvalue weighted by molar-refractivity contribution is 7.89. The Labute approximate surface area is 154 Å². The molecular weight excluding hydrogens is 352 g/mol. The molecule has 7 heteroatoms. The fourth-order valence-electron chi connectivity index (χ4n) is 2.37. The fraction of sp³-hybridized carbons (Fsp3) is 0.316. The van der Waals surface area contributed by atoms with Crippen molar-refractivity contribution in [3.8, 4) is 5.75 Å². The van der Waals surface area contributed by atoms with Gasteiger partial charge >= 0.3 is 0 Å². The van der Waals surface area contributed by atoms with Crippen LogP contribution in [0.25, 0.3) is 0 Å². The zero-order valence-corrected chi connectivity index (χ0v) is 16.0. The first kappa shape index (κ1) is 19.9. The van der Waals surface area contributed by atoms with Crippen LogP contribution in [0.2, 0.25) is 0 Å². The SMILES string of the molecule is CCCNC(=O)c1ccc(CN(C)S(=O)(=O)c2ccc(OC)cc2)cc1. The number of nitrogens with one attached hydrogen (secondary N) is 1. The zero-order valence-electron chi connectivity index (χ0n) is 15.2. The minimum Gasteiger partial charge on any atom is -0.497 e. The Hall–Kier alpha value is -2.38. The van der Waals surface area contributed by atoms with E-state index >= 15 is 0 Å². The summed E-state index contributed by atoms with van der Waals surface area (Å²) in [5.74, 6) is 0.473. The molecule has 140 valence electrons. The lowest BCUT2D eigenvalue weighted by Gasteiger charge is -2.17. The molecule has 0 aliphatic carbocycles. The summed E-state index contributed by atoms with van der Waals surface area (Å²) in [5.41, 5.74) is 1.36. The van der Waals surface area contributed by atoms with Crippen LogP contribution in [0.3, 0.4) is 0 Å². The average molecular weight is 376 g/mol. The van der Waals surface area contributed by atoms with Gasteiger partial charge in [0.25, 0.3) is 5.91 Å². The zero-order chi connectivity index (χ0) is 19.2. The third kappa shape index (κ3) is 4.83. The molecule has 0 unspecified atom stereocenters. The van der Waals surface area contributed by atoms with E-state index in [1.54, 1.807) is 36.4 Å². The quantitative estimate of drug-likeness (QED) is 0.768. The molecule has 0 saturated heterocycles. The fourth-order valence-corrected chi connectivity index (χ4v) is 3.53. The Bertz CT molecular complexity index is 831. The minimum atomic E-state index is -3.60. The molecular formula is C19H24N2O4S. The molecule has 0 saturated carbocycles. The Morgan fingerprint density at radius 1 is 1.08 bits per heavy atom. The summed E-state index contributed by atoms with van der Waals surface area (Å²) >= 11 is 0. The van der Waals surface area contributed by atoms with Gasteiger partial charge in [-0.05, 0) is 48.4 Å². The van der Waals surface area contributed by atoms with Crippen molar-refractivity contribution >= 4 is 15.9 Å². The van der Waals surface area contributed by atoms with Gasteiger partial charge in [-0.1, -0.05) is 19.1 Å². The predicted octanol–water partition coefficient (Wildman–Crippen LogP) is 2.66. The van der Waals surface area contributed by atoms with Gasteiger partial charge in [0.05, 0.1) is 12.0 Å². The molecule has 2 aromatic rings. The number of nitrogens with zero attached hydrogens (tertiary/aromatic N) is 1. The van der Waals surface area contributed by atoms with E-state index in [9.17, 15) is 13.2 Å². The molecule has 26 heavy (non-hydrogen) atoms. The number of carbonyl (C=O) groups is 1. The van der Waals surface area contributed by atoms with Crippen LogP contribution in [0.1, 0.15) is 29.3 Å². The molecule has 0 heterocycles. The van der Waals surface area contributed by atoms with E-state index in [0.29, 0.717) is 17.9 Å². The third-order valence-electron chi connectivity index (χ3n) is 3.92. The predicted molar refractivity (Wildman–Crippen MR) is 101 cm³/mol. The molecule has 1 N–H and O–H groups in total. The van der Waals surface area contributed by atoms with Gasteiger partial charge in [0, 0.05) is 25.7 Å². The maximum absolute atomic E-state index is 12.7. The van der Waals surface area contributed by atoms with Crippen LogP contribution in [0.5, 0.6) is 5.75 Å². The topological polar surface area (TPSA) is 75.7 Å². The third-order valence-corrected chi connectivity index (χ3v) is 5.74. The number of carbonyl (C=O) groups excluding carboxylic acids is 1. The Morgan fingerprint density at radius 2 is 1.69 bits per heavy atom. The van der Waals surface area contributed by atoms with E-state index in [-0.39, 0.29) is 17.3 Å². The Balaban J connectivity index is 2.08. The summed E-state index contributed by atoms with van der Waals surface area (Å²) < 4.78 is 31.6. The van der Waals surface area contributed by atoms with E-state index in [2.05, 4.69) is 5.32 Å². The van der Waals surface area contributed by atoms with Crippen LogP contribution >= 0.6 is 0 Å². The summed E-state index contributed by atoms with van der Waals surface area (Å²) in [7, 11) is -0.543. The molecule has 0 aromatic heterocycles. The van der Waals surface area contributed by atoms with Gasteiger partial charge in [-0.2, -0.15) is 4.31 Å². The number of ether oxygens (including phenoxy) is 1. The number of methoxy groups -OCH3 is 1. The molecule has 6 nitrogen and oxygen atoms in total. The molecule has 0 radical (unpaired) electrons. The number of hydrogen-bond donors (Lipinski definition) is 1. The molecule has 2 rings (SSSR count). The maximum atomic E-state index is 12.7. The summed E-state index contributed by atoms with van der Waals surface area (Å²) in [6, 6.07) is 13.2.